The Morgan fingerprint density at radius 1 is 1.00 bits per heavy atom. The van der Waals surface area contributed by atoms with Crippen molar-refractivity contribution in [3.05, 3.63) is 23.8 Å². The van der Waals surface area contributed by atoms with E-state index in [1.807, 2.05) is 6.07 Å². The van der Waals surface area contributed by atoms with Crippen LogP contribution in [0.2, 0.25) is 0 Å². The fourth-order valence-corrected chi connectivity index (χ4v) is 2.80. The van der Waals surface area contributed by atoms with Crippen molar-refractivity contribution in [3.8, 4) is 11.5 Å². The molecule has 1 unspecified atom stereocenters. The maximum Gasteiger partial charge on any atom is 0.160 e. The van der Waals surface area contributed by atoms with Gasteiger partial charge in [0, 0.05) is 6.54 Å². The molecule has 0 aliphatic rings. The molecule has 1 atom stereocenters. The van der Waals surface area contributed by atoms with Crippen LogP contribution in [0, 0.1) is 5.92 Å². The standard InChI is InChI=1S/C17H29NO2/c1-6-13(7-2)15(12-18-8-3)14-9-10-16(19-4)17(11-14)20-5/h9-11,13,15,18H,6-8,12H2,1-5H3. The minimum absolute atomic E-state index is 0.518. The van der Waals surface area contributed by atoms with Crippen molar-refractivity contribution in [2.24, 2.45) is 5.92 Å². The molecule has 0 saturated carbocycles. The number of nitrogens with one attached hydrogen (secondary N) is 1. The molecule has 0 bridgehead atoms. The molecule has 1 rings (SSSR count). The lowest BCUT2D eigenvalue weighted by Gasteiger charge is -2.26. The SMILES string of the molecule is CCNCC(c1ccc(OC)c(OC)c1)C(CC)CC. The lowest BCUT2D eigenvalue weighted by Crippen LogP contribution is -2.26. The maximum absolute atomic E-state index is 5.43. The average molecular weight is 279 g/mol. The van der Waals surface area contributed by atoms with Crippen molar-refractivity contribution in [2.75, 3.05) is 27.3 Å². The number of rotatable bonds is 9. The van der Waals surface area contributed by atoms with Crippen molar-refractivity contribution in [1.82, 2.24) is 5.32 Å². The summed E-state index contributed by atoms with van der Waals surface area (Å²) in [5, 5.41) is 3.49. The van der Waals surface area contributed by atoms with Crippen LogP contribution in [-0.4, -0.2) is 27.3 Å². The second kappa shape index (κ2) is 8.85. The number of ether oxygens (including phenoxy) is 2. The molecule has 0 radical (unpaired) electrons. The number of likely N-dealkylation sites (N-methyl/N-ethyl adjacent to an activating group) is 1. The van der Waals surface area contributed by atoms with Crippen molar-refractivity contribution in [2.45, 2.75) is 39.5 Å². The van der Waals surface area contributed by atoms with Gasteiger partial charge in [-0.05, 0) is 36.1 Å². The van der Waals surface area contributed by atoms with Crippen molar-refractivity contribution in [1.29, 1.82) is 0 Å². The zero-order valence-corrected chi connectivity index (χ0v) is 13.5. The highest BCUT2D eigenvalue weighted by Crippen LogP contribution is 2.35. The van der Waals surface area contributed by atoms with Gasteiger partial charge in [0.1, 0.15) is 0 Å². The molecular weight excluding hydrogens is 250 g/mol. The first kappa shape index (κ1) is 16.8. The first-order valence-electron chi connectivity index (χ1n) is 7.64. The molecule has 0 aromatic heterocycles. The second-order valence-corrected chi connectivity index (χ2v) is 5.11. The van der Waals surface area contributed by atoms with Crippen LogP contribution >= 0.6 is 0 Å². The molecule has 1 N–H and O–H groups in total. The van der Waals surface area contributed by atoms with Crippen LogP contribution in [-0.2, 0) is 0 Å². The minimum Gasteiger partial charge on any atom is -0.493 e. The molecule has 20 heavy (non-hydrogen) atoms. The molecule has 0 heterocycles. The normalized spacial score (nSPS) is 12.5. The van der Waals surface area contributed by atoms with E-state index in [0.717, 1.165) is 24.6 Å². The predicted molar refractivity (Wildman–Crippen MR) is 84.9 cm³/mol. The Balaban J connectivity index is 3.05. The first-order valence-corrected chi connectivity index (χ1v) is 7.64. The van der Waals surface area contributed by atoms with Gasteiger partial charge in [-0.15, -0.1) is 0 Å². The largest absolute Gasteiger partial charge is 0.493 e. The van der Waals surface area contributed by atoms with Crippen molar-refractivity contribution < 1.29 is 9.47 Å². The summed E-state index contributed by atoms with van der Waals surface area (Å²) in [5.74, 6) is 2.82. The third kappa shape index (κ3) is 4.14. The molecule has 0 aliphatic carbocycles. The van der Waals surface area contributed by atoms with Gasteiger partial charge in [-0.3, -0.25) is 0 Å². The number of benzene rings is 1. The molecule has 3 nitrogen and oxygen atoms in total. The van der Waals surface area contributed by atoms with E-state index in [-0.39, 0.29) is 0 Å². The van der Waals surface area contributed by atoms with E-state index in [9.17, 15) is 0 Å². The van der Waals surface area contributed by atoms with Crippen LogP contribution < -0.4 is 14.8 Å². The fraction of sp³-hybridized carbons (Fsp3) is 0.647. The maximum atomic E-state index is 5.43. The number of hydrogen-bond acceptors (Lipinski definition) is 3. The van der Waals surface area contributed by atoms with Gasteiger partial charge < -0.3 is 14.8 Å². The van der Waals surface area contributed by atoms with Crippen molar-refractivity contribution >= 4 is 0 Å². The topological polar surface area (TPSA) is 30.5 Å². The average Bonchev–Trinajstić information content (AvgIpc) is 2.50. The van der Waals surface area contributed by atoms with Gasteiger partial charge in [0.15, 0.2) is 11.5 Å². The molecule has 0 aliphatic heterocycles. The summed E-state index contributed by atoms with van der Waals surface area (Å²) >= 11 is 0. The van der Waals surface area contributed by atoms with Gasteiger partial charge in [0.05, 0.1) is 14.2 Å². The summed E-state index contributed by atoms with van der Waals surface area (Å²) in [6.07, 6.45) is 2.39. The summed E-state index contributed by atoms with van der Waals surface area (Å²) in [7, 11) is 3.37. The molecule has 114 valence electrons. The van der Waals surface area contributed by atoms with Gasteiger partial charge in [0.25, 0.3) is 0 Å². The quantitative estimate of drug-likeness (QED) is 0.745. The van der Waals surface area contributed by atoms with E-state index in [1.54, 1.807) is 14.2 Å². The summed E-state index contributed by atoms with van der Waals surface area (Å²) in [6.45, 7) is 8.71. The highest BCUT2D eigenvalue weighted by atomic mass is 16.5. The van der Waals surface area contributed by atoms with Gasteiger partial charge in [0.2, 0.25) is 0 Å². The summed E-state index contributed by atoms with van der Waals surface area (Å²) in [6, 6.07) is 6.30. The summed E-state index contributed by atoms with van der Waals surface area (Å²) in [5.41, 5.74) is 1.33. The minimum atomic E-state index is 0.518. The first-order chi connectivity index (χ1) is 9.71. The van der Waals surface area contributed by atoms with Crippen molar-refractivity contribution in [3.63, 3.8) is 0 Å². The van der Waals surface area contributed by atoms with Gasteiger partial charge >= 0.3 is 0 Å². The highest BCUT2D eigenvalue weighted by Gasteiger charge is 2.21. The van der Waals surface area contributed by atoms with Gasteiger partial charge in [-0.2, -0.15) is 0 Å². The van der Waals surface area contributed by atoms with E-state index in [0.29, 0.717) is 11.8 Å². The molecule has 1 aromatic carbocycles. The fourth-order valence-electron chi connectivity index (χ4n) is 2.80. The van der Waals surface area contributed by atoms with E-state index in [2.05, 4.69) is 38.2 Å². The zero-order chi connectivity index (χ0) is 15.0. The smallest absolute Gasteiger partial charge is 0.160 e. The summed E-state index contributed by atoms with van der Waals surface area (Å²) in [4.78, 5) is 0. The number of methoxy groups -OCH3 is 2. The Bertz CT molecular complexity index is 389. The lowest BCUT2D eigenvalue weighted by atomic mass is 9.82. The van der Waals surface area contributed by atoms with Crippen LogP contribution in [0.5, 0.6) is 11.5 Å². The molecule has 1 aromatic rings. The molecule has 0 fully saturated rings. The Labute approximate surface area is 123 Å². The Morgan fingerprint density at radius 2 is 1.65 bits per heavy atom. The zero-order valence-electron chi connectivity index (χ0n) is 13.5. The molecule has 0 spiro atoms. The van der Waals surface area contributed by atoms with E-state index in [4.69, 9.17) is 9.47 Å². The Kier molecular flexibility index (Phi) is 7.45. The van der Waals surface area contributed by atoms with Crippen LogP contribution in [0.4, 0.5) is 0 Å². The van der Waals surface area contributed by atoms with E-state index in [1.165, 1.54) is 18.4 Å². The highest BCUT2D eigenvalue weighted by molar-refractivity contribution is 5.44. The molecule has 3 heteroatoms. The number of hydrogen-bond donors (Lipinski definition) is 1. The van der Waals surface area contributed by atoms with Crippen LogP contribution in [0.1, 0.15) is 45.1 Å². The molecule has 0 saturated heterocycles. The lowest BCUT2D eigenvalue weighted by molar-refractivity contribution is 0.350. The van der Waals surface area contributed by atoms with Gasteiger partial charge in [-0.1, -0.05) is 39.7 Å². The van der Waals surface area contributed by atoms with E-state index < -0.39 is 0 Å². The molecular formula is C17H29NO2. The summed E-state index contributed by atoms with van der Waals surface area (Å²) < 4.78 is 10.8. The molecule has 0 amide bonds. The van der Waals surface area contributed by atoms with E-state index >= 15 is 0 Å². The van der Waals surface area contributed by atoms with Crippen LogP contribution in [0.15, 0.2) is 18.2 Å². The van der Waals surface area contributed by atoms with Gasteiger partial charge in [-0.25, -0.2) is 0 Å². The third-order valence-electron chi connectivity index (χ3n) is 4.07. The van der Waals surface area contributed by atoms with Crippen LogP contribution in [0.3, 0.4) is 0 Å². The predicted octanol–water partition coefficient (Wildman–Crippen LogP) is 3.83. The monoisotopic (exact) mass is 279 g/mol. The Morgan fingerprint density at radius 3 is 2.15 bits per heavy atom. The van der Waals surface area contributed by atoms with Crippen LogP contribution in [0.25, 0.3) is 0 Å². The Hall–Kier alpha value is -1.22. The third-order valence-corrected chi connectivity index (χ3v) is 4.07. The second-order valence-electron chi connectivity index (χ2n) is 5.11.